The zero-order chi connectivity index (χ0) is 13.1. The fourth-order valence-electron chi connectivity index (χ4n) is 1.83. The Bertz CT molecular complexity index is 705. The number of aromatic nitrogens is 2. The molecule has 0 aliphatic carbocycles. The second-order valence-electron chi connectivity index (χ2n) is 3.97. The predicted octanol–water partition coefficient (Wildman–Crippen LogP) is 3.22. The van der Waals surface area contributed by atoms with Crippen LogP contribution in [0.4, 0.5) is 0 Å². The molecule has 0 bridgehead atoms. The van der Waals surface area contributed by atoms with Crippen LogP contribution in [0, 0.1) is 0 Å². The number of carbonyl (C=O) groups is 1. The molecule has 4 heteroatoms. The smallest absolute Gasteiger partial charge is 0.185 e. The van der Waals surface area contributed by atoms with Gasteiger partial charge >= 0.3 is 0 Å². The molecule has 0 fully saturated rings. The molecule has 19 heavy (non-hydrogen) atoms. The molecule has 0 amide bonds. The summed E-state index contributed by atoms with van der Waals surface area (Å²) in [7, 11) is 0. The fraction of sp³-hybridized carbons (Fsp3) is 0. The lowest BCUT2D eigenvalue weighted by Crippen LogP contribution is -1.86. The second-order valence-corrected chi connectivity index (χ2v) is 3.97. The highest BCUT2D eigenvalue weighted by Crippen LogP contribution is 2.25. The van der Waals surface area contributed by atoms with E-state index in [9.17, 15) is 4.79 Å². The van der Waals surface area contributed by atoms with Gasteiger partial charge in [0.25, 0.3) is 0 Å². The molecule has 0 spiro atoms. The number of hydrogen-bond acceptors (Lipinski definition) is 4. The molecule has 3 aromatic rings. The van der Waals surface area contributed by atoms with Crippen LogP contribution in [0.25, 0.3) is 22.7 Å². The van der Waals surface area contributed by atoms with Gasteiger partial charge in [-0.1, -0.05) is 18.2 Å². The monoisotopic (exact) mass is 250 g/mol. The number of nitrogens with zero attached hydrogens (tertiary/aromatic N) is 2. The first-order valence-electron chi connectivity index (χ1n) is 5.79. The Morgan fingerprint density at radius 2 is 1.74 bits per heavy atom. The van der Waals surface area contributed by atoms with E-state index in [1.807, 2.05) is 24.3 Å². The van der Waals surface area contributed by atoms with Crippen molar-refractivity contribution in [2.75, 3.05) is 0 Å². The van der Waals surface area contributed by atoms with Gasteiger partial charge < -0.3 is 4.42 Å². The molecule has 0 saturated heterocycles. The van der Waals surface area contributed by atoms with Crippen LogP contribution in [0.2, 0.25) is 0 Å². The van der Waals surface area contributed by atoms with Crippen LogP contribution in [0.15, 0.2) is 59.3 Å². The summed E-state index contributed by atoms with van der Waals surface area (Å²) in [5, 5.41) is 0. The summed E-state index contributed by atoms with van der Waals surface area (Å²) in [5.41, 5.74) is 1.79. The maximum absolute atomic E-state index is 10.6. The quantitative estimate of drug-likeness (QED) is 0.670. The van der Waals surface area contributed by atoms with Crippen LogP contribution in [0.3, 0.4) is 0 Å². The van der Waals surface area contributed by atoms with Crippen LogP contribution in [-0.2, 0) is 0 Å². The first-order chi connectivity index (χ1) is 9.36. The minimum atomic E-state index is 0.316. The van der Waals surface area contributed by atoms with Crippen molar-refractivity contribution in [2.24, 2.45) is 0 Å². The Balaban J connectivity index is 2.02. The van der Waals surface area contributed by atoms with Crippen molar-refractivity contribution in [2.45, 2.75) is 0 Å². The summed E-state index contributed by atoms with van der Waals surface area (Å²) in [4.78, 5) is 19.0. The summed E-state index contributed by atoms with van der Waals surface area (Å²) in [6, 6.07) is 12.9. The molecule has 4 nitrogen and oxygen atoms in total. The molecule has 2 heterocycles. The van der Waals surface area contributed by atoms with E-state index in [0.717, 1.165) is 11.1 Å². The first kappa shape index (κ1) is 11.3. The number of aldehydes is 1. The average molecular weight is 250 g/mol. The number of furan rings is 1. The summed E-state index contributed by atoms with van der Waals surface area (Å²) >= 11 is 0. The van der Waals surface area contributed by atoms with Gasteiger partial charge in [-0.3, -0.25) is 4.79 Å². The Kier molecular flexibility index (Phi) is 2.90. The van der Waals surface area contributed by atoms with E-state index in [-0.39, 0.29) is 0 Å². The van der Waals surface area contributed by atoms with Gasteiger partial charge in [0.15, 0.2) is 17.9 Å². The van der Waals surface area contributed by atoms with Crippen molar-refractivity contribution in [3.05, 3.63) is 60.6 Å². The molecule has 0 unspecified atom stereocenters. The molecule has 0 aliphatic rings. The van der Waals surface area contributed by atoms with Crippen LogP contribution in [-0.4, -0.2) is 16.3 Å². The molecule has 0 radical (unpaired) electrons. The van der Waals surface area contributed by atoms with Crippen LogP contribution in [0.5, 0.6) is 0 Å². The molecule has 0 N–H and O–H groups in total. The van der Waals surface area contributed by atoms with Gasteiger partial charge in [0.1, 0.15) is 5.76 Å². The topological polar surface area (TPSA) is 56.0 Å². The maximum Gasteiger partial charge on any atom is 0.185 e. The van der Waals surface area contributed by atoms with E-state index in [4.69, 9.17) is 4.42 Å². The van der Waals surface area contributed by atoms with Gasteiger partial charge in [-0.05, 0) is 24.3 Å². The fourth-order valence-corrected chi connectivity index (χ4v) is 1.83. The van der Waals surface area contributed by atoms with Gasteiger partial charge in [-0.25, -0.2) is 9.97 Å². The number of rotatable bonds is 3. The van der Waals surface area contributed by atoms with Crippen molar-refractivity contribution in [1.29, 1.82) is 0 Å². The summed E-state index contributed by atoms with van der Waals surface area (Å²) in [5.74, 6) is 1.63. The molecule has 92 valence electrons. The minimum Gasteiger partial charge on any atom is -0.453 e. The van der Waals surface area contributed by atoms with Crippen molar-refractivity contribution >= 4 is 6.29 Å². The Hall–Kier alpha value is -2.75. The molecule has 0 aliphatic heterocycles. The van der Waals surface area contributed by atoms with Crippen molar-refractivity contribution in [3.63, 3.8) is 0 Å². The molecule has 1 aromatic carbocycles. The van der Waals surface area contributed by atoms with Gasteiger partial charge in [0.05, 0.1) is 0 Å². The maximum atomic E-state index is 10.6. The largest absolute Gasteiger partial charge is 0.453 e. The summed E-state index contributed by atoms with van der Waals surface area (Å²) in [6.07, 6.45) is 4.09. The van der Waals surface area contributed by atoms with Crippen molar-refractivity contribution in [1.82, 2.24) is 9.97 Å². The van der Waals surface area contributed by atoms with E-state index in [0.29, 0.717) is 23.6 Å². The predicted molar refractivity (Wildman–Crippen MR) is 70.6 cm³/mol. The minimum absolute atomic E-state index is 0.316. The van der Waals surface area contributed by atoms with Crippen LogP contribution in [0.1, 0.15) is 10.6 Å². The van der Waals surface area contributed by atoms with Crippen molar-refractivity contribution < 1.29 is 9.21 Å². The number of benzene rings is 1. The highest BCUT2D eigenvalue weighted by Gasteiger charge is 2.06. The number of carbonyl (C=O) groups excluding carboxylic acids is 1. The van der Waals surface area contributed by atoms with Gasteiger partial charge in [-0.15, -0.1) is 0 Å². The second kappa shape index (κ2) is 4.86. The molecule has 3 rings (SSSR count). The Morgan fingerprint density at radius 3 is 2.47 bits per heavy atom. The van der Waals surface area contributed by atoms with Gasteiger partial charge in [0.2, 0.25) is 0 Å². The number of hydrogen-bond donors (Lipinski definition) is 0. The Morgan fingerprint density at radius 1 is 0.947 bits per heavy atom. The third-order valence-electron chi connectivity index (χ3n) is 2.71. The lowest BCUT2D eigenvalue weighted by atomic mass is 10.1. The van der Waals surface area contributed by atoms with Crippen molar-refractivity contribution in [3.8, 4) is 22.7 Å². The zero-order valence-corrected chi connectivity index (χ0v) is 9.98. The average Bonchev–Trinajstić information content (AvgIpc) is 2.97. The lowest BCUT2D eigenvalue weighted by Gasteiger charge is -2.01. The van der Waals surface area contributed by atoms with Crippen LogP contribution >= 0.6 is 0 Å². The SMILES string of the molecule is O=Cc1ccc(-c2cccc(-c3ncccn3)c2)o1. The summed E-state index contributed by atoms with van der Waals surface area (Å²) in [6.45, 7) is 0. The Labute approximate surface area is 109 Å². The third kappa shape index (κ3) is 2.28. The first-order valence-corrected chi connectivity index (χ1v) is 5.79. The molecule has 0 saturated carbocycles. The normalized spacial score (nSPS) is 10.3. The summed E-state index contributed by atoms with van der Waals surface area (Å²) < 4.78 is 5.40. The van der Waals surface area contributed by atoms with Crippen LogP contribution < -0.4 is 0 Å². The van der Waals surface area contributed by atoms with Gasteiger partial charge in [-0.2, -0.15) is 0 Å². The molecule has 0 atom stereocenters. The molecular formula is C15H10N2O2. The van der Waals surface area contributed by atoms with E-state index in [1.165, 1.54) is 0 Å². The van der Waals surface area contributed by atoms with E-state index in [2.05, 4.69) is 9.97 Å². The molecular weight excluding hydrogens is 240 g/mol. The zero-order valence-electron chi connectivity index (χ0n) is 9.98. The van der Waals surface area contributed by atoms with Gasteiger partial charge in [0, 0.05) is 23.5 Å². The standard InChI is InChI=1S/C15H10N2O2/c18-10-13-5-6-14(19-13)11-3-1-4-12(9-11)15-16-7-2-8-17-15/h1-10H. The van der Waals surface area contributed by atoms with E-state index < -0.39 is 0 Å². The van der Waals surface area contributed by atoms with E-state index in [1.54, 1.807) is 30.6 Å². The molecule has 2 aromatic heterocycles. The lowest BCUT2D eigenvalue weighted by molar-refractivity contribution is 0.110. The third-order valence-corrected chi connectivity index (χ3v) is 2.71. The van der Waals surface area contributed by atoms with E-state index >= 15 is 0 Å². The highest BCUT2D eigenvalue weighted by molar-refractivity contribution is 5.74. The highest BCUT2D eigenvalue weighted by atomic mass is 16.3.